The van der Waals surface area contributed by atoms with Crippen molar-refractivity contribution in [2.24, 2.45) is 0 Å². The van der Waals surface area contributed by atoms with Gasteiger partial charge in [0.25, 0.3) is 0 Å². The fourth-order valence-electron chi connectivity index (χ4n) is 2.02. The van der Waals surface area contributed by atoms with E-state index in [4.69, 9.17) is 11.6 Å². The molecule has 0 fully saturated rings. The highest BCUT2D eigenvalue weighted by Crippen LogP contribution is 2.33. The number of nitrogens with zero attached hydrogens (tertiary/aromatic N) is 1. The van der Waals surface area contributed by atoms with Gasteiger partial charge in [-0.1, -0.05) is 24.6 Å². The van der Waals surface area contributed by atoms with Gasteiger partial charge >= 0.3 is 0 Å². The van der Waals surface area contributed by atoms with Crippen molar-refractivity contribution in [2.45, 2.75) is 19.4 Å². The average molecular weight is 376 g/mol. The van der Waals surface area contributed by atoms with Crippen molar-refractivity contribution in [3.63, 3.8) is 0 Å². The number of halogens is 4. The van der Waals surface area contributed by atoms with Crippen LogP contribution in [0.25, 0.3) is 0 Å². The van der Waals surface area contributed by atoms with Crippen molar-refractivity contribution in [1.29, 1.82) is 0 Å². The molecule has 0 amide bonds. The Balaban J connectivity index is 2.51. The van der Waals surface area contributed by atoms with Gasteiger partial charge < -0.3 is 5.32 Å². The van der Waals surface area contributed by atoms with Crippen LogP contribution in [0.2, 0.25) is 5.02 Å². The molecule has 6 heteroatoms. The van der Waals surface area contributed by atoms with Crippen molar-refractivity contribution in [3.8, 4) is 0 Å². The van der Waals surface area contributed by atoms with Crippen molar-refractivity contribution in [3.05, 3.63) is 62.8 Å². The molecule has 0 radical (unpaired) electrons. The third kappa shape index (κ3) is 3.59. The molecule has 2 nitrogen and oxygen atoms in total. The van der Waals surface area contributed by atoms with E-state index in [1.165, 1.54) is 18.3 Å². The minimum absolute atomic E-state index is 0.0212. The summed E-state index contributed by atoms with van der Waals surface area (Å²) in [6.45, 7) is 2.58. The molecule has 0 aliphatic carbocycles. The Morgan fingerprint density at radius 1 is 1.33 bits per heavy atom. The summed E-state index contributed by atoms with van der Waals surface area (Å²) in [5.74, 6) is -1.06. The van der Waals surface area contributed by atoms with Gasteiger partial charge in [-0.25, -0.2) is 8.78 Å². The Morgan fingerprint density at radius 3 is 2.76 bits per heavy atom. The molecular formula is C15H14BrClF2N2. The van der Waals surface area contributed by atoms with Crippen LogP contribution in [0.15, 0.2) is 34.9 Å². The number of pyridine rings is 1. The van der Waals surface area contributed by atoms with Crippen molar-refractivity contribution < 1.29 is 8.78 Å². The first-order valence-corrected chi connectivity index (χ1v) is 7.70. The number of benzene rings is 1. The highest BCUT2D eigenvalue weighted by Gasteiger charge is 2.23. The van der Waals surface area contributed by atoms with Gasteiger partial charge in [0.05, 0.1) is 16.8 Å². The topological polar surface area (TPSA) is 24.9 Å². The van der Waals surface area contributed by atoms with E-state index < -0.39 is 17.7 Å². The summed E-state index contributed by atoms with van der Waals surface area (Å²) in [5, 5.41) is 3.09. The lowest BCUT2D eigenvalue weighted by molar-refractivity contribution is 0.508. The number of hydrogen-bond acceptors (Lipinski definition) is 2. The summed E-state index contributed by atoms with van der Waals surface area (Å²) in [7, 11) is 0. The standard InChI is InChI=1S/C15H14BrClF2N2/c1-2-7-20-14(15-11(18)4-3-8-21-15)9-5-6-10(16)12(17)13(9)19/h3-6,8,14,20H,2,7H2,1H3. The molecule has 2 rings (SSSR count). The van der Waals surface area contributed by atoms with E-state index in [2.05, 4.69) is 26.2 Å². The molecule has 112 valence electrons. The molecule has 1 aromatic carbocycles. The Labute approximate surface area is 135 Å². The number of nitrogens with one attached hydrogen (secondary N) is 1. The van der Waals surface area contributed by atoms with Crippen LogP contribution >= 0.6 is 27.5 Å². The zero-order valence-corrected chi connectivity index (χ0v) is 13.7. The van der Waals surface area contributed by atoms with Crippen LogP contribution in [0.3, 0.4) is 0 Å². The molecule has 1 heterocycles. The summed E-state index contributed by atoms with van der Waals surface area (Å²) in [4.78, 5) is 4.04. The number of aromatic nitrogens is 1. The van der Waals surface area contributed by atoms with Gasteiger partial charge in [-0.3, -0.25) is 4.98 Å². The predicted octanol–water partition coefficient (Wildman–Crippen LogP) is 4.86. The Hall–Kier alpha value is -1.04. The Kier molecular flexibility index (Phi) is 5.67. The van der Waals surface area contributed by atoms with Crippen LogP contribution in [0, 0.1) is 11.6 Å². The second-order valence-corrected chi connectivity index (χ2v) is 5.75. The molecule has 1 unspecified atom stereocenters. The van der Waals surface area contributed by atoms with E-state index >= 15 is 0 Å². The normalized spacial score (nSPS) is 12.4. The van der Waals surface area contributed by atoms with E-state index in [1.807, 2.05) is 6.92 Å². The van der Waals surface area contributed by atoms with E-state index in [0.29, 0.717) is 11.0 Å². The molecule has 0 aliphatic heterocycles. The minimum Gasteiger partial charge on any atom is -0.305 e. The first-order chi connectivity index (χ1) is 10.1. The summed E-state index contributed by atoms with van der Waals surface area (Å²) >= 11 is 9.09. The first kappa shape index (κ1) is 16.3. The zero-order chi connectivity index (χ0) is 15.4. The van der Waals surface area contributed by atoms with Gasteiger partial charge in [0.1, 0.15) is 11.6 Å². The maximum absolute atomic E-state index is 14.4. The molecule has 21 heavy (non-hydrogen) atoms. The van der Waals surface area contributed by atoms with E-state index in [1.54, 1.807) is 12.1 Å². The lowest BCUT2D eigenvalue weighted by atomic mass is 10.0. The lowest BCUT2D eigenvalue weighted by Gasteiger charge is -2.20. The summed E-state index contributed by atoms with van der Waals surface area (Å²) in [6, 6.07) is 5.34. The van der Waals surface area contributed by atoms with E-state index in [9.17, 15) is 8.78 Å². The predicted molar refractivity (Wildman–Crippen MR) is 83.4 cm³/mol. The molecule has 0 aliphatic rings. The third-order valence-corrected chi connectivity index (χ3v) is 4.29. The van der Waals surface area contributed by atoms with Gasteiger partial charge in [0.15, 0.2) is 0 Å². The van der Waals surface area contributed by atoms with Crippen molar-refractivity contribution >= 4 is 27.5 Å². The molecule has 2 aromatic rings. The molecule has 0 spiro atoms. The van der Waals surface area contributed by atoms with Crippen LogP contribution < -0.4 is 5.32 Å². The van der Waals surface area contributed by atoms with E-state index in [-0.39, 0.29) is 16.3 Å². The molecule has 1 N–H and O–H groups in total. The SMILES string of the molecule is CCCNC(c1ccc(Br)c(Cl)c1F)c1ncccc1F. The summed E-state index contributed by atoms with van der Waals surface area (Å²) < 4.78 is 28.9. The fourth-order valence-corrected chi connectivity index (χ4v) is 2.50. The van der Waals surface area contributed by atoms with Gasteiger partial charge in [0.2, 0.25) is 0 Å². The van der Waals surface area contributed by atoms with Crippen LogP contribution in [-0.4, -0.2) is 11.5 Å². The maximum atomic E-state index is 14.4. The zero-order valence-electron chi connectivity index (χ0n) is 11.3. The lowest BCUT2D eigenvalue weighted by Crippen LogP contribution is -2.26. The van der Waals surface area contributed by atoms with Crippen molar-refractivity contribution in [1.82, 2.24) is 10.3 Å². The Bertz CT molecular complexity index is 637. The molecule has 0 saturated carbocycles. The monoisotopic (exact) mass is 374 g/mol. The largest absolute Gasteiger partial charge is 0.305 e. The maximum Gasteiger partial charge on any atom is 0.148 e. The molecule has 0 saturated heterocycles. The highest BCUT2D eigenvalue weighted by molar-refractivity contribution is 9.10. The number of rotatable bonds is 5. The summed E-state index contributed by atoms with van der Waals surface area (Å²) in [6.07, 6.45) is 2.31. The van der Waals surface area contributed by atoms with Crippen LogP contribution in [-0.2, 0) is 0 Å². The first-order valence-electron chi connectivity index (χ1n) is 6.53. The van der Waals surface area contributed by atoms with Crippen molar-refractivity contribution in [2.75, 3.05) is 6.54 Å². The van der Waals surface area contributed by atoms with E-state index in [0.717, 1.165) is 6.42 Å². The van der Waals surface area contributed by atoms with Gasteiger partial charge in [-0.2, -0.15) is 0 Å². The second kappa shape index (κ2) is 7.29. The minimum atomic E-state index is -0.684. The smallest absolute Gasteiger partial charge is 0.148 e. The fraction of sp³-hybridized carbons (Fsp3) is 0.267. The van der Waals surface area contributed by atoms with Gasteiger partial charge in [-0.05, 0) is 47.1 Å². The highest BCUT2D eigenvalue weighted by atomic mass is 79.9. The number of hydrogen-bond donors (Lipinski definition) is 1. The average Bonchev–Trinajstić information content (AvgIpc) is 2.48. The second-order valence-electron chi connectivity index (χ2n) is 4.52. The molecular weight excluding hydrogens is 362 g/mol. The molecule has 1 atom stereocenters. The van der Waals surface area contributed by atoms with Gasteiger partial charge in [-0.15, -0.1) is 0 Å². The van der Waals surface area contributed by atoms with Crippen LogP contribution in [0.5, 0.6) is 0 Å². The van der Waals surface area contributed by atoms with Gasteiger partial charge in [0, 0.05) is 16.2 Å². The third-order valence-electron chi connectivity index (χ3n) is 3.03. The van der Waals surface area contributed by atoms with Crippen LogP contribution in [0.1, 0.15) is 30.6 Å². The Morgan fingerprint density at radius 2 is 2.10 bits per heavy atom. The molecule has 1 aromatic heterocycles. The summed E-state index contributed by atoms with van der Waals surface area (Å²) in [5.41, 5.74) is 0.428. The van der Waals surface area contributed by atoms with Crippen LogP contribution in [0.4, 0.5) is 8.78 Å². The quantitative estimate of drug-likeness (QED) is 0.755. The molecule has 0 bridgehead atoms.